The first-order chi connectivity index (χ1) is 4.00. The molecule has 0 fully saturated rings. The zero-order chi connectivity index (χ0) is 9.00. The van der Waals surface area contributed by atoms with Crippen molar-refractivity contribution in [2.45, 2.75) is 0 Å². The van der Waals surface area contributed by atoms with E-state index >= 15 is 0 Å². The molecule has 0 unspecified atom stereocenters. The van der Waals surface area contributed by atoms with Crippen LogP contribution >= 0.6 is 15.6 Å². The van der Waals surface area contributed by atoms with E-state index in [0.717, 1.165) is 0 Å². The molecular weight excluding hydrogens is 515 g/mol. The number of phosphoric acid groups is 2. The molecule has 0 aromatic carbocycles. The third kappa shape index (κ3) is 755. The van der Waals surface area contributed by atoms with Crippen LogP contribution < -0.4 is 29.4 Å². The molecule has 0 N–H and O–H groups in total. The second kappa shape index (κ2) is 27.0. The predicted molar refractivity (Wildman–Crippen MR) is 16.6 cm³/mol. The Morgan fingerprint density at radius 3 is 0.471 bits per heavy atom. The van der Waals surface area contributed by atoms with Crippen LogP contribution in [0.1, 0.15) is 0 Å². The van der Waals surface area contributed by atoms with Crippen molar-refractivity contribution in [2.24, 2.45) is 0 Å². The summed E-state index contributed by atoms with van der Waals surface area (Å²) < 4.78 is 17.1. The Morgan fingerprint density at radius 2 is 0.471 bits per heavy atom. The summed E-state index contributed by atoms with van der Waals surface area (Å²) >= 11 is 0. The summed E-state index contributed by atoms with van der Waals surface area (Å²) in [7, 11) is -10.8. The first-order valence-corrected chi connectivity index (χ1v) is 4.38. The molecule has 0 heterocycles. The minimum absolute atomic E-state index is 0. The topological polar surface area (TPSA) is 230 Å². The molecule has 0 aliphatic carbocycles. The summed E-state index contributed by atoms with van der Waals surface area (Å²) in [6, 6.07) is 0. The monoisotopic (exact) mass is 512 g/mol. The SMILES string of the molecule is O=P([O-])([O-])[O-].O=P([O-])([O-])[O-].[Ni+2].[Ni+2].[Ni+2].[Ni+2].[Ni+2].[O-2].[O-2]. The van der Waals surface area contributed by atoms with Gasteiger partial charge in [-0.25, -0.2) is 0 Å². The van der Waals surface area contributed by atoms with E-state index < -0.39 is 15.6 Å². The Kier molecular flexibility index (Phi) is 96.0. The average molecular weight is 515 g/mol. The fraction of sp³-hybridized carbons (Fsp3) is 0. The summed E-state index contributed by atoms with van der Waals surface area (Å²) in [5.41, 5.74) is 0. The van der Waals surface area contributed by atoms with Crippen LogP contribution in [0.25, 0.3) is 0 Å². The van der Waals surface area contributed by atoms with Gasteiger partial charge in [0, 0.05) is 0 Å². The average Bonchev–Trinajstić information content (AvgIpc) is 1.12. The van der Waals surface area contributed by atoms with Gasteiger partial charge >= 0.3 is 82.5 Å². The molecule has 0 bridgehead atoms. The van der Waals surface area contributed by atoms with Crippen LogP contribution in [0.2, 0.25) is 0 Å². The van der Waals surface area contributed by atoms with Gasteiger partial charge in [-0.1, -0.05) is 0 Å². The molecule has 0 saturated carbocycles. The van der Waals surface area contributed by atoms with Crippen LogP contribution in [0.5, 0.6) is 0 Å². The predicted octanol–water partition coefficient (Wildman–Crippen LogP) is -5.90. The number of rotatable bonds is 0. The van der Waals surface area contributed by atoms with Crippen molar-refractivity contribution in [3.63, 3.8) is 0 Å². The quantitative estimate of drug-likeness (QED) is 0.222. The third-order valence-corrected chi connectivity index (χ3v) is 0. The van der Waals surface area contributed by atoms with E-state index in [-0.39, 0.29) is 93.4 Å². The molecule has 0 aromatic rings. The van der Waals surface area contributed by atoms with Gasteiger partial charge in [0.15, 0.2) is 0 Å². The van der Waals surface area contributed by atoms with Crippen LogP contribution in [0.3, 0.4) is 0 Å². The van der Waals surface area contributed by atoms with Crippen LogP contribution in [0, 0.1) is 0 Å². The maximum atomic E-state index is 8.55. The van der Waals surface area contributed by atoms with Crippen LogP contribution in [0.15, 0.2) is 0 Å². The Morgan fingerprint density at radius 1 is 0.471 bits per heavy atom. The van der Waals surface area contributed by atoms with E-state index in [1.54, 1.807) is 0 Å². The maximum Gasteiger partial charge on any atom is 2.00 e. The number of hydrogen-bond donors (Lipinski definition) is 0. The van der Waals surface area contributed by atoms with E-state index in [0.29, 0.717) is 0 Å². The van der Waals surface area contributed by atoms with Crippen molar-refractivity contribution in [3.8, 4) is 0 Å². The van der Waals surface area contributed by atoms with E-state index in [2.05, 4.69) is 0 Å². The first-order valence-electron chi connectivity index (χ1n) is 1.46. The van der Waals surface area contributed by atoms with Gasteiger partial charge < -0.3 is 49.4 Å². The molecule has 0 aromatic heterocycles. The van der Waals surface area contributed by atoms with Crippen LogP contribution in [-0.2, 0) is 103 Å². The molecule has 17 heteroatoms. The Balaban J connectivity index is -0.00000000762. The van der Waals surface area contributed by atoms with Gasteiger partial charge in [-0.2, -0.15) is 15.6 Å². The molecule has 0 radical (unpaired) electrons. The molecule has 0 saturated heterocycles. The standard InChI is InChI=1S/5Ni.2H3O4P.2O/c;;;;;2*1-5(2,3)4;;/h;;;;;2*(H3,1,2,3,4);;/q5*+2;;;2*-2/p-6. The molecule has 17 heavy (non-hydrogen) atoms. The van der Waals surface area contributed by atoms with Gasteiger partial charge in [0.1, 0.15) is 0 Å². The maximum absolute atomic E-state index is 8.55. The zero-order valence-electron chi connectivity index (χ0n) is 6.56. The van der Waals surface area contributed by atoms with Gasteiger partial charge in [-0.05, 0) is 0 Å². The fourth-order valence-corrected chi connectivity index (χ4v) is 0. The minimum atomic E-state index is -5.39. The van der Waals surface area contributed by atoms with E-state index in [1.165, 1.54) is 0 Å². The molecule has 120 valence electrons. The van der Waals surface area contributed by atoms with E-state index in [9.17, 15) is 0 Å². The molecule has 0 amide bonds. The Labute approximate surface area is 146 Å². The molecule has 0 aliphatic rings. The summed E-state index contributed by atoms with van der Waals surface area (Å²) in [5.74, 6) is 0. The van der Waals surface area contributed by atoms with Crippen molar-refractivity contribution in [2.75, 3.05) is 0 Å². The number of hydrogen-bond acceptors (Lipinski definition) is 8. The molecule has 0 atom stereocenters. The van der Waals surface area contributed by atoms with Gasteiger partial charge in [-0.15, -0.1) is 0 Å². The summed E-state index contributed by atoms with van der Waals surface area (Å²) in [5, 5.41) is 0. The smallest absolute Gasteiger partial charge is 2.00 e. The van der Waals surface area contributed by atoms with Gasteiger partial charge in [0.05, 0.1) is 0 Å². The fourth-order valence-electron chi connectivity index (χ4n) is 0. The second-order valence-electron chi connectivity index (χ2n) is 0.894. The van der Waals surface area contributed by atoms with Crippen LogP contribution in [0.4, 0.5) is 0 Å². The zero-order valence-corrected chi connectivity index (χ0v) is 13.3. The van der Waals surface area contributed by atoms with Gasteiger partial charge in [0.25, 0.3) is 0 Å². The van der Waals surface area contributed by atoms with Crippen molar-refractivity contribution in [3.05, 3.63) is 0 Å². The van der Waals surface area contributed by atoms with Gasteiger partial charge in [0.2, 0.25) is 0 Å². The first kappa shape index (κ1) is 60.3. The summed E-state index contributed by atoms with van der Waals surface area (Å²) in [6.07, 6.45) is 0. The van der Waals surface area contributed by atoms with Crippen molar-refractivity contribution in [1.29, 1.82) is 0 Å². The third-order valence-electron chi connectivity index (χ3n) is 0. The largest absolute Gasteiger partial charge is 2.00 e. The Bertz CT molecular complexity index is 135. The van der Waals surface area contributed by atoms with Crippen molar-refractivity contribution >= 4 is 15.6 Å². The molecule has 0 rings (SSSR count). The summed E-state index contributed by atoms with van der Waals surface area (Å²) in [4.78, 5) is 51.3. The summed E-state index contributed by atoms with van der Waals surface area (Å²) in [6.45, 7) is 0. The van der Waals surface area contributed by atoms with Crippen LogP contribution in [-0.4, -0.2) is 0 Å². The normalized spacial score (nSPS) is 6.94. The van der Waals surface area contributed by atoms with Crippen molar-refractivity contribution in [1.82, 2.24) is 0 Å². The second-order valence-corrected chi connectivity index (χ2v) is 2.68. The van der Waals surface area contributed by atoms with Crippen molar-refractivity contribution < 1.29 is 132 Å². The van der Waals surface area contributed by atoms with E-state index in [1.807, 2.05) is 0 Å². The van der Waals surface area contributed by atoms with Gasteiger partial charge in [-0.3, -0.25) is 0 Å². The molecule has 0 spiro atoms. The van der Waals surface area contributed by atoms with E-state index in [4.69, 9.17) is 38.5 Å². The molecule has 0 aliphatic heterocycles. The Hall–Kier alpha value is 2.61. The minimum Gasteiger partial charge on any atom is -2.00 e. The molecular formula is Ni5O10P2. The molecule has 10 nitrogen and oxygen atoms in total.